The summed E-state index contributed by atoms with van der Waals surface area (Å²) < 4.78 is 2.45. The van der Waals surface area contributed by atoms with Crippen molar-refractivity contribution < 1.29 is 4.58 Å². The third kappa shape index (κ3) is 1.32. The van der Waals surface area contributed by atoms with E-state index in [2.05, 4.69) is 40.2 Å². The Morgan fingerprint density at radius 3 is 3.00 bits per heavy atom. The number of thioether (sulfide) groups is 1. The van der Waals surface area contributed by atoms with Gasteiger partial charge in [0.1, 0.15) is 6.54 Å². The lowest BCUT2D eigenvalue weighted by Gasteiger charge is -2.06. The number of nitrogens with one attached hydrogen (secondary N) is 1. The quantitative estimate of drug-likeness (QED) is 0.701. The second-order valence-corrected chi connectivity index (χ2v) is 4.79. The summed E-state index contributed by atoms with van der Waals surface area (Å²) in [6.07, 6.45) is 0. The van der Waals surface area contributed by atoms with E-state index in [1.807, 2.05) is 11.8 Å². The molecule has 1 atom stereocenters. The summed E-state index contributed by atoms with van der Waals surface area (Å²) in [6.45, 7) is 2.34. The molecule has 3 heteroatoms. The van der Waals surface area contributed by atoms with Crippen LogP contribution in [0.25, 0.3) is 0 Å². The van der Waals surface area contributed by atoms with Crippen molar-refractivity contribution in [3.8, 4) is 0 Å². The molecule has 1 aromatic rings. The molecule has 1 N–H and O–H groups in total. The molecule has 14 heavy (non-hydrogen) atoms. The van der Waals surface area contributed by atoms with E-state index >= 15 is 0 Å². The molecule has 3 rings (SSSR count). The van der Waals surface area contributed by atoms with Crippen molar-refractivity contribution in [3.05, 3.63) is 35.9 Å². The van der Waals surface area contributed by atoms with Crippen LogP contribution in [0.15, 0.2) is 30.3 Å². The predicted molar refractivity (Wildman–Crippen MR) is 59.8 cm³/mol. The Hall–Kier alpha value is -0.960. The Kier molecular flexibility index (Phi) is 1.98. The standard InChI is InChI=1S/C11H12N2S/c1-2-4-9(5-3-1)10-8-13-6-7-14-11(13)12-10/h1-5,10H,6-8H2/p+1/t10-/m1/s1/i11+2. The first-order valence-electron chi connectivity index (χ1n) is 5.00. The number of hydrogen-bond donors (Lipinski definition) is 1. The lowest BCUT2D eigenvalue weighted by atomic mass is 10.1. The molecule has 0 bridgehead atoms. The van der Waals surface area contributed by atoms with Gasteiger partial charge in [0.25, 0.3) is 0 Å². The number of rotatable bonds is 1. The van der Waals surface area contributed by atoms with Crippen molar-refractivity contribution in [2.45, 2.75) is 6.04 Å². The van der Waals surface area contributed by atoms with E-state index in [4.69, 9.17) is 0 Å². The third-order valence-corrected chi connectivity index (χ3v) is 3.83. The highest BCUT2D eigenvalue weighted by molar-refractivity contribution is 8.13. The van der Waals surface area contributed by atoms with Gasteiger partial charge in [0, 0.05) is 11.3 Å². The molecule has 2 nitrogen and oxygen atoms in total. The van der Waals surface area contributed by atoms with Crippen LogP contribution >= 0.6 is 11.8 Å². The van der Waals surface area contributed by atoms with E-state index in [0.29, 0.717) is 6.04 Å². The molecule has 2 aliphatic rings. The molecule has 0 amide bonds. The molecule has 0 saturated heterocycles. The Bertz CT molecular complexity index is 356. The summed E-state index contributed by atoms with van der Waals surface area (Å²) >= 11 is 1.94. The number of benzene rings is 1. The monoisotopic (exact) mass is 207 g/mol. The number of amidine groups is 1. The molecule has 0 aromatic heterocycles. The summed E-state index contributed by atoms with van der Waals surface area (Å²) in [5.41, 5.74) is 1.40. The minimum absolute atomic E-state index is 0.499. The molecule has 2 aliphatic heterocycles. The highest BCUT2D eigenvalue weighted by Gasteiger charge is 2.34. The predicted octanol–water partition coefficient (Wildman–Crippen LogP) is 1.45. The first-order chi connectivity index (χ1) is 6.93. The molecule has 0 unspecified atom stereocenters. The molecule has 0 saturated carbocycles. The molecule has 0 fully saturated rings. The third-order valence-electron chi connectivity index (χ3n) is 2.79. The largest absolute Gasteiger partial charge is 0.307 e. The lowest BCUT2D eigenvalue weighted by molar-refractivity contribution is -0.511. The van der Waals surface area contributed by atoms with Gasteiger partial charge in [0.05, 0.1) is 6.54 Å². The fraction of sp³-hybridized carbons (Fsp3) is 0.364. The van der Waals surface area contributed by atoms with Crippen LogP contribution in [0, 0.1) is 0 Å². The highest BCUT2D eigenvalue weighted by Crippen LogP contribution is 2.23. The van der Waals surface area contributed by atoms with Crippen molar-refractivity contribution in [1.82, 2.24) is 5.32 Å². The molecule has 2 heterocycles. The Labute approximate surface area is 88.0 Å². The van der Waals surface area contributed by atoms with Crippen molar-refractivity contribution in [2.75, 3.05) is 18.8 Å². The fourth-order valence-corrected chi connectivity index (χ4v) is 3.12. The van der Waals surface area contributed by atoms with Gasteiger partial charge in [0.2, 0.25) is 0 Å². The van der Waals surface area contributed by atoms with E-state index in [-0.39, 0.29) is 0 Å². The van der Waals surface area contributed by atoms with Crippen LogP contribution in [0.5, 0.6) is 0 Å². The van der Waals surface area contributed by atoms with Gasteiger partial charge < -0.3 is 0 Å². The smallest absolute Gasteiger partial charge is 0.258 e. The van der Waals surface area contributed by atoms with E-state index in [1.54, 1.807) is 0 Å². The highest BCUT2D eigenvalue weighted by atomic mass is 32.2. The zero-order valence-corrected chi connectivity index (χ0v) is 8.76. The van der Waals surface area contributed by atoms with Crippen molar-refractivity contribution in [2.24, 2.45) is 0 Å². The van der Waals surface area contributed by atoms with Gasteiger partial charge in [-0.15, -0.1) is 0 Å². The molecule has 0 aliphatic carbocycles. The molecule has 0 spiro atoms. The summed E-state index contributed by atoms with van der Waals surface area (Å²) in [5.74, 6) is 1.24. The second-order valence-electron chi connectivity index (χ2n) is 3.71. The van der Waals surface area contributed by atoms with Gasteiger partial charge in [-0.25, -0.2) is 0 Å². The van der Waals surface area contributed by atoms with Crippen LogP contribution in [0.4, 0.5) is 0 Å². The molecular formula is C11H13N2S+. The summed E-state index contributed by atoms with van der Waals surface area (Å²) in [5, 5.41) is 4.95. The maximum absolute atomic E-state index is 3.57. The summed E-state index contributed by atoms with van der Waals surface area (Å²) in [4.78, 5) is 0. The van der Waals surface area contributed by atoms with E-state index in [0.717, 1.165) is 6.54 Å². The maximum atomic E-state index is 3.57. The first-order valence-corrected chi connectivity index (χ1v) is 5.98. The van der Waals surface area contributed by atoms with Crippen LogP contribution in [0.3, 0.4) is 0 Å². The van der Waals surface area contributed by atoms with Crippen molar-refractivity contribution in [3.63, 3.8) is 0 Å². The lowest BCUT2D eigenvalue weighted by Crippen LogP contribution is -2.21. The normalized spacial score (nSPS) is 25.0. The summed E-state index contributed by atoms with van der Waals surface area (Å²) in [6, 6.07) is 11.2. The van der Waals surface area contributed by atoms with Gasteiger partial charge in [0.15, 0.2) is 6.04 Å². The SMILES string of the molecule is c1ccc([C@H]2C[N+]3=[14C](N2)SCC3)cc1. The van der Waals surface area contributed by atoms with E-state index < -0.39 is 0 Å². The van der Waals surface area contributed by atoms with Crippen LogP contribution < -0.4 is 5.32 Å². The van der Waals surface area contributed by atoms with Gasteiger partial charge in [-0.3, -0.25) is 9.89 Å². The van der Waals surface area contributed by atoms with Crippen LogP contribution in [0.1, 0.15) is 11.6 Å². The molecule has 1 aromatic carbocycles. The minimum Gasteiger partial charge on any atom is -0.258 e. The van der Waals surface area contributed by atoms with Gasteiger partial charge in [-0.2, -0.15) is 0 Å². The van der Waals surface area contributed by atoms with E-state index in [9.17, 15) is 0 Å². The average Bonchev–Trinajstić information content (AvgIpc) is 2.78. The Balaban J connectivity index is 1.80. The first kappa shape index (κ1) is 8.36. The van der Waals surface area contributed by atoms with Crippen molar-refractivity contribution >= 4 is 16.9 Å². The Morgan fingerprint density at radius 2 is 2.21 bits per heavy atom. The van der Waals surface area contributed by atoms with E-state index in [1.165, 1.54) is 23.0 Å². The number of hydrogen-bond acceptors (Lipinski definition) is 2. The Morgan fingerprint density at radius 1 is 1.36 bits per heavy atom. The second kappa shape index (κ2) is 3.31. The molecule has 0 radical (unpaired) electrons. The van der Waals surface area contributed by atoms with Crippen LogP contribution in [-0.2, 0) is 0 Å². The topological polar surface area (TPSA) is 15.0 Å². The van der Waals surface area contributed by atoms with Gasteiger partial charge in [-0.1, -0.05) is 30.3 Å². The van der Waals surface area contributed by atoms with Gasteiger partial charge >= 0.3 is 5.17 Å². The number of nitrogens with zero attached hydrogens (tertiary/aromatic N) is 1. The average molecular weight is 207 g/mol. The van der Waals surface area contributed by atoms with Crippen molar-refractivity contribution in [1.29, 1.82) is 0 Å². The zero-order chi connectivity index (χ0) is 9.38. The molecular weight excluding hydrogens is 194 g/mol. The maximum Gasteiger partial charge on any atom is 0.307 e. The molecule has 72 valence electrons. The van der Waals surface area contributed by atoms with Crippen LogP contribution in [0.2, 0.25) is 0 Å². The van der Waals surface area contributed by atoms with Gasteiger partial charge in [-0.05, 0) is 11.8 Å². The fourth-order valence-electron chi connectivity index (χ4n) is 2.04. The minimum atomic E-state index is 0.499. The van der Waals surface area contributed by atoms with Crippen LogP contribution in [-0.4, -0.2) is 28.6 Å². The zero-order valence-electron chi connectivity index (χ0n) is 7.94. The summed E-state index contributed by atoms with van der Waals surface area (Å²) in [7, 11) is 0.